The topological polar surface area (TPSA) is 38.7 Å². The van der Waals surface area contributed by atoms with Crippen molar-refractivity contribution in [2.75, 3.05) is 6.61 Å². The molecular weight excluding hydrogens is 262 g/mol. The summed E-state index contributed by atoms with van der Waals surface area (Å²) in [5.74, 6) is 0. The minimum atomic E-state index is -1.74. The summed E-state index contributed by atoms with van der Waals surface area (Å²) < 4.78 is 21.8. The standard InChI is InChI=1S/C13H29NO2SSi/c1-11(14-17(15)12(2,3)4)10-16-18(8,9)13(5,6)7/h10H2,1-9H3/b14-11-/t17-/m1/s1. The second-order valence-corrected chi connectivity index (χ2v) is 14.0. The normalized spacial score (nSPS) is 16.8. The summed E-state index contributed by atoms with van der Waals surface area (Å²) in [5.41, 5.74) is 0.813. The molecule has 0 amide bonds. The largest absolute Gasteiger partial charge is 0.411 e. The van der Waals surface area contributed by atoms with Crippen LogP contribution < -0.4 is 0 Å². The van der Waals surface area contributed by atoms with Crippen LogP contribution in [0.5, 0.6) is 0 Å². The third-order valence-corrected chi connectivity index (χ3v) is 9.21. The quantitative estimate of drug-likeness (QED) is 0.581. The third-order valence-electron chi connectivity index (χ3n) is 3.21. The van der Waals surface area contributed by atoms with Crippen LogP contribution in [-0.2, 0) is 15.4 Å². The molecule has 5 heteroatoms. The van der Waals surface area contributed by atoms with E-state index >= 15 is 0 Å². The van der Waals surface area contributed by atoms with E-state index in [4.69, 9.17) is 4.43 Å². The monoisotopic (exact) mass is 291 g/mol. The Morgan fingerprint density at radius 3 is 1.94 bits per heavy atom. The van der Waals surface area contributed by atoms with Gasteiger partial charge in [0.15, 0.2) is 8.32 Å². The molecule has 1 atom stereocenters. The lowest BCUT2D eigenvalue weighted by atomic mass is 10.2. The fraction of sp³-hybridized carbons (Fsp3) is 0.923. The Hall–Kier alpha value is -0.00312. The molecule has 0 spiro atoms. The fourth-order valence-corrected chi connectivity index (χ4v) is 2.42. The molecule has 0 saturated heterocycles. The Balaban J connectivity index is 4.58. The number of hydrogen-bond acceptors (Lipinski definition) is 2. The smallest absolute Gasteiger partial charge is 0.192 e. The Bertz CT molecular complexity index is 338. The molecule has 0 bridgehead atoms. The van der Waals surface area contributed by atoms with Gasteiger partial charge in [0.25, 0.3) is 0 Å². The summed E-state index contributed by atoms with van der Waals surface area (Å²) in [6.45, 7) is 19.2. The average molecular weight is 292 g/mol. The van der Waals surface area contributed by atoms with E-state index in [9.17, 15) is 4.21 Å². The van der Waals surface area contributed by atoms with Crippen molar-refractivity contribution in [1.29, 1.82) is 0 Å². The van der Waals surface area contributed by atoms with Gasteiger partial charge in [-0.25, -0.2) is 4.21 Å². The third kappa shape index (κ3) is 5.76. The molecule has 0 aliphatic heterocycles. The van der Waals surface area contributed by atoms with Crippen LogP contribution in [0.1, 0.15) is 48.5 Å². The van der Waals surface area contributed by atoms with Crippen molar-refractivity contribution in [3.8, 4) is 0 Å². The Kier molecular flexibility index (Phi) is 5.97. The Labute approximate surface area is 116 Å². The first-order valence-electron chi connectivity index (χ1n) is 6.37. The maximum absolute atomic E-state index is 11.9. The van der Waals surface area contributed by atoms with Gasteiger partial charge in [-0.3, -0.25) is 0 Å². The van der Waals surface area contributed by atoms with Crippen LogP contribution in [0.2, 0.25) is 18.1 Å². The van der Waals surface area contributed by atoms with Crippen LogP contribution in [0.4, 0.5) is 0 Å². The minimum absolute atomic E-state index is 0.191. The van der Waals surface area contributed by atoms with Crippen LogP contribution >= 0.6 is 0 Å². The second-order valence-electron chi connectivity index (χ2n) is 7.24. The summed E-state index contributed by atoms with van der Waals surface area (Å²) in [5, 5.41) is 0.191. The molecule has 0 aromatic carbocycles. The molecule has 0 saturated carbocycles. The van der Waals surface area contributed by atoms with Gasteiger partial charge in [-0.05, 0) is 45.8 Å². The summed E-state index contributed by atoms with van der Waals surface area (Å²) in [6.07, 6.45) is 0. The molecule has 3 nitrogen and oxygen atoms in total. The van der Waals surface area contributed by atoms with Gasteiger partial charge in [-0.1, -0.05) is 20.8 Å². The highest BCUT2D eigenvalue weighted by Crippen LogP contribution is 2.36. The summed E-state index contributed by atoms with van der Waals surface area (Å²) in [4.78, 5) is 0. The lowest BCUT2D eigenvalue weighted by Gasteiger charge is -2.36. The van der Waals surface area contributed by atoms with Gasteiger partial charge in [-0.15, -0.1) is 0 Å². The summed E-state index contributed by atoms with van der Waals surface area (Å²) in [7, 11) is -2.94. The zero-order valence-corrected chi connectivity index (χ0v) is 15.2. The highest BCUT2D eigenvalue weighted by molar-refractivity contribution is 7.85. The van der Waals surface area contributed by atoms with Gasteiger partial charge in [0.2, 0.25) is 0 Å². The molecular formula is C13H29NO2SSi. The second kappa shape index (κ2) is 5.97. The fourth-order valence-electron chi connectivity index (χ4n) is 0.806. The minimum Gasteiger partial charge on any atom is -0.411 e. The average Bonchev–Trinajstić information content (AvgIpc) is 2.11. The van der Waals surface area contributed by atoms with E-state index in [-0.39, 0.29) is 9.79 Å². The summed E-state index contributed by atoms with van der Waals surface area (Å²) in [6, 6.07) is 0. The number of hydrogen-bond donors (Lipinski definition) is 0. The molecule has 18 heavy (non-hydrogen) atoms. The van der Waals surface area contributed by atoms with E-state index in [1.807, 2.05) is 27.7 Å². The van der Waals surface area contributed by atoms with E-state index in [1.54, 1.807) is 0 Å². The van der Waals surface area contributed by atoms with E-state index < -0.39 is 19.3 Å². The Morgan fingerprint density at radius 1 is 1.17 bits per heavy atom. The zero-order valence-electron chi connectivity index (χ0n) is 13.4. The maximum atomic E-state index is 11.9. The lowest BCUT2D eigenvalue weighted by molar-refractivity contribution is 0.340. The van der Waals surface area contributed by atoms with Crippen molar-refractivity contribution < 1.29 is 8.63 Å². The van der Waals surface area contributed by atoms with Gasteiger partial charge in [0, 0.05) is 0 Å². The van der Waals surface area contributed by atoms with Crippen molar-refractivity contribution in [2.45, 2.75) is 71.3 Å². The van der Waals surface area contributed by atoms with Crippen LogP contribution in [0.15, 0.2) is 4.40 Å². The van der Waals surface area contributed by atoms with E-state index in [0.717, 1.165) is 5.71 Å². The van der Waals surface area contributed by atoms with E-state index in [0.29, 0.717) is 6.61 Å². The molecule has 0 aliphatic carbocycles. The van der Waals surface area contributed by atoms with Crippen LogP contribution in [0, 0.1) is 0 Å². The van der Waals surface area contributed by atoms with Crippen molar-refractivity contribution in [2.24, 2.45) is 4.40 Å². The molecule has 0 unspecified atom stereocenters. The van der Waals surface area contributed by atoms with Crippen molar-refractivity contribution >= 4 is 25.0 Å². The van der Waals surface area contributed by atoms with Gasteiger partial charge in [0.05, 0.1) is 17.1 Å². The van der Waals surface area contributed by atoms with Crippen molar-refractivity contribution in [3.05, 3.63) is 0 Å². The predicted molar refractivity (Wildman–Crippen MR) is 84.2 cm³/mol. The molecule has 0 heterocycles. The van der Waals surface area contributed by atoms with Crippen molar-refractivity contribution in [1.82, 2.24) is 0 Å². The van der Waals surface area contributed by atoms with E-state index in [2.05, 4.69) is 38.3 Å². The SMILES string of the molecule is C/C(CO[Si](C)(C)C(C)(C)C)=N/[S@](=O)C(C)(C)C. The predicted octanol–water partition coefficient (Wildman–Crippen LogP) is 3.93. The maximum Gasteiger partial charge on any atom is 0.192 e. The van der Waals surface area contributed by atoms with Crippen LogP contribution in [0.25, 0.3) is 0 Å². The first-order chi connectivity index (χ1) is 7.77. The van der Waals surface area contributed by atoms with Gasteiger partial charge in [0.1, 0.15) is 11.0 Å². The molecule has 0 fully saturated rings. The molecule has 0 rings (SSSR count). The number of nitrogens with zero attached hydrogens (tertiary/aromatic N) is 1. The van der Waals surface area contributed by atoms with Crippen LogP contribution in [-0.4, -0.2) is 29.6 Å². The van der Waals surface area contributed by atoms with Crippen LogP contribution in [0.3, 0.4) is 0 Å². The zero-order chi connectivity index (χ0) is 14.8. The molecule has 0 aromatic heterocycles. The molecule has 0 aromatic rings. The van der Waals surface area contributed by atoms with Crippen molar-refractivity contribution in [3.63, 3.8) is 0 Å². The summed E-state index contributed by atoms with van der Waals surface area (Å²) >= 11 is 0. The molecule has 108 valence electrons. The number of rotatable bonds is 4. The molecule has 0 aliphatic rings. The van der Waals surface area contributed by atoms with E-state index in [1.165, 1.54) is 0 Å². The van der Waals surface area contributed by atoms with Gasteiger partial charge < -0.3 is 4.43 Å². The first-order valence-corrected chi connectivity index (χ1v) is 10.4. The van der Waals surface area contributed by atoms with Gasteiger partial charge >= 0.3 is 0 Å². The first kappa shape index (κ1) is 18.0. The highest BCUT2D eigenvalue weighted by atomic mass is 32.2. The Morgan fingerprint density at radius 2 is 1.61 bits per heavy atom. The lowest BCUT2D eigenvalue weighted by Crippen LogP contribution is -2.41. The molecule has 0 radical (unpaired) electrons. The van der Waals surface area contributed by atoms with Gasteiger partial charge in [-0.2, -0.15) is 4.40 Å². The highest BCUT2D eigenvalue weighted by Gasteiger charge is 2.37. The molecule has 0 N–H and O–H groups in total.